The number of aryl methyl sites for hydroxylation is 1. The van der Waals surface area contributed by atoms with Crippen molar-refractivity contribution < 1.29 is 4.79 Å². The number of rotatable bonds is 4. The number of aromatic nitrogens is 1. The van der Waals surface area contributed by atoms with E-state index in [1.54, 1.807) is 6.92 Å². The number of pyridine rings is 1. The smallest absolute Gasteiger partial charge is 0.257 e. The molecule has 2 aromatic rings. The standard InChI is InChI=1S/C17H18N2O2/c1-11-9-15(20)14(10-18-11)17(21)19-16(13-7-8-13)12-5-3-2-4-6-12/h2-6,9-10,13,16H,7-8H2,1H3,(H,18,20)(H,19,21). The van der Waals surface area contributed by atoms with Gasteiger partial charge >= 0.3 is 0 Å². The molecule has 4 nitrogen and oxygen atoms in total. The van der Waals surface area contributed by atoms with Crippen molar-refractivity contribution in [2.75, 3.05) is 0 Å². The number of H-pyrrole nitrogens is 1. The molecule has 1 aromatic carbocycles. The van der Waals surface area contributed by atoms with Crippen molar-refractivity contribution in [1.82, 2.24) is 10.3 Å². The van der Waals surface area contributed by atoms with E-state index in [1.807, 2.05) is 30.3 Å². The summed E-state index contributed by atoms with van der Waals surface area (Å²) in [5, 5.41) is 3.01. The molecule has 3 rings (SSSR count). The molecule has 2 N–H and O–H groups in total. The summed E-state index contributed by atoms with van der Waals surface area (Å²) in [6.45, 7) is 1.79. The number of carbonyl (C=O) groups is 1. The van der Waals surface area contributed by atoms with Gasteiger partial charge in [-0.2, -0.15) is 0 Å². The molecule has 21 heavy (non-hydrogen) atoms. The summed E-state index contributed by atoms with van der Waals surface area (Å²) in [6, 6.07) is 11.4. The van der Waals surface area contributed by atoms with E-state index in [9.17, 15) is 9.59 Å². The molecule has 1 unspecified atom stereocenters. The Hall–Kier alpha value is -2.36. The van der Waals surface area contributed by atoms with Crippen LogP contribution in [-0.4, -0.2) is 10.9 Å². The van der Waals surface area contributed by atoms with Crippen LogP contribution in [0.4, 0.5) is 0 Å². The van der Waals surface area contributed by atoms with Crippen LogP contribution < -0.4 is 10.7 Å². The molecule has 0 aliphatic heterocycles. The van der Waals surface area contributed by atoms with Crippen molar-refractivity contribution in [3.63, 3.8) is 0 Å². The number of amides is 1. The fourth-order valence-corrected chi connectivity index (χ4v) is 2.53. The number of hydrogen-bond donors (Lipinski definition) is 2. The van der Waals surface area contributed by atoms with Crippen LogP contribution in [-0.2, 0) is 0 Å². The van der Waals surface area contributed by atoms with E-state index < -0.39 is 0 Å². The molecule has 0 radical (unpaired) electrons. The van der Waals surface area contributed by atoms with Gasteiger partial charge in [-0.3, -0.25) is 9.59 Å². The fraction of sp³-hybridized carbons (Fsp3) is 0.294. The summed E-state index contributed by atoms with van der Waals surface area (Å²) >= 11 is 0. The molecule has 4 heteroatoms. The molecule has 1 amide bonds. The van der Waals surface area contributed by atoms with Crippen molar-refractivity contribution >= 4 is 5.91 Å². The lowest BCUT2D eigenvalue weighted by molar-refractivity contribution is 0.0930. The van der Waals surface area contributed by atoms with Gasteiger partial charge in [-0.25, -0.2) is 0 Å². The first-order valence-electron chi connectivity index (χ1n) is 7.20. The quantitative estimate of drug-likeness (QED) is 0.905. The maximum absolute atomic E-state index is 12.4. The second-order valence-electron chi connectivity index (χ2n) is 5.59. The average molecular weight is 282 g/mol. The monoisotopic (exact) mass is 282 g/mol. The lowest BCUT2D eigenvalue weighted by Gasteiger charge is -2.18. The lowest BCUT2D eigenvalue weighted by atomic mass is 10.0. The van der Waals surface area contributed by atoms with Gasteiger partial charge in [0.25, 0.3) is 5.91 Å². The largest absolute Gasteiger partial charge is 0.364 e. The third-order valence-electron chi connectivity index (χ3n) is 3.84. The van der Waals surface area contributed by atoms with E-state index in [0.29, 0.717) is 5.92 Å². The molecule has 0 spiro atoms. The zero-order valence-corrected chi connectivity index (χ0v) is 11.9. The summed E-state index contributed by atoms with van der Waals surface area (Å²) in [5.41, 5.74) is 1.77. The van der Waals surface area contributed by atoms with E-state index in [0.717, 1.165) is 24.1 Å². The normalized spacial score (nSPS) is 15.5. The fourth-order valence-electron chi connectivity index (χ4n) is 2.53. The van der Waals surface area contributed by atoms with Crippen molar-refractivity contribution in [2.24, 2.45) is 5.92 Å². The summed E-state index contributed by atoms with van der Waals surface area (Å²) in [5.74, 6) is 0.165. The maximum Gasteiger partial charge on any atom is 0.257 e. The molecular formula is C17H18N2O2. The molecule has 1 aromatic heterocycles. The highest BCUT2D eigenvalue weighted by atomic mass is 16.2. The van der Waals surface area contributed by atoms with Gasteiger partial charge < -0.3 is 10.3 Å². The summed E-state index contributed by atoms with van der Waals surface area (Å²) in [4.78, 5) is 27.2. The van der Waals surface area contributed by atoms with E-state index in [-0.39, 0.29) is 22.9 Å². The number of benzene rings is 1. The second kappa shape index (κ2) is 5.56. The molecule has 1 fully saturated rings. The molecule has 108 valence electrons. The van der Waals surface area contributed by atoms with Gasteiger partial charge in [0.2, 0.25) is 0 Å². The van der Waals surface area contributed by atoms with Crippen LogP contribution in [0.2, 0.25) is 0 Å². The van der Waals surface area contributed by atoms with Crippen molar-refractivity contribution in [2.45, 2.75) is 25.8 Å². The number of carbonyl (C=O) groups excluding carboxylic acids is 1. The van der Waals surface area contributed by atoms with Crippen LogP contribution in [0.3, 0.4) is 0 Å². The highest BCUT2D eigenvalue weighted by Crippen LogP contribution is 2.40. The second-order valence-corrected chi connectivity index (χ2v) is 5.59. The molecule has 1 heterocycles. The zero-order chi connectivity index (χ0) is 14.8. The lowest BCUT2D eigenvalue weighted by Crippen LogP contribution is -2.33. The first kappa shape index (κ1) is 13.6. The third-order valence-corrected chi connectivity index (χ3v) is 3.84. The highest BCUT2D eigenvalue weighted by Gasteiger charge is 2.33. The Morgan fingerprint density at radius 1 is 1.29 bits per heavy atom. The number of nitrogens with one attached hydrogen (secondary N) is 2. The van der Waals surface area contributed by atoms with Crippen LogP contribution in [0.25, 0.3) is 0 Å². The maximum atomic E-state index is 12.4. The van der Waals surface area contributed by atoms with Crippen LogP contribution in [0.5, 0.6) is 0 Å². The summed E-state index contributed by atoms with van der Waals surface area (Å²) in [6.07, 6.45) is 3.72. The van der Waals surface area contributed by atoms with E-state index in [2.05, 4.69) is 10.3 Å². The first-order valence-corrected chi connectivity index (χ1v) is 7.20. The number of aromatic amines is 1. The van der Waals surface area contributed by atoms with E-state index in [4.69, 9.17) is 0 Å². The molecule has 0 saturated heterocycles. The molecule has 1 atom stereocenters. The predicted octanol–water partition coefficient (Wildman–Crippen LogP) is 2.56. The molecule has 0 bridgehead atoms. The minimum atomic E-state index is -0.308. The van der Waals surface area contributed by atoms with E-state index >= 15 is 0 Å². The Morgan fingerprint density at radius 3 is 2.62 bits per heavy atom. The predicted molar refractivity (Wildman–Crippen MR) is 81.2 cm³/mol. The third kappa shape index (κ3) is 3.05. The average Bonchev–Trinajstić information content (AvgIpc) is 3.30. The van der Waals surface area contributed by atoms with Crippen molar-refractivity contribution in [3.05, 3.63) is 69.6 Å². The van der Waals surface area contributed by atoms with Gasteiger partial charge in [0.1, 0.15) is 5.56 Å². The summed E-state index contributed by atoms with van der Waals surface area (Å²) < 4.78 is 0. The van der Waals surface area contributed by atoms with Gasteiger partial charge in [-0.15, -0.1) is 0 Å². The Morgan fingerprint density at radius 2 is 2.00 bits per heavy atom. The van der Waals surface area contributed by atoms with Crippen LogP contribution in [0.15, 0.2) is 47.4 Å². The van der Waals surface area contributed by atoms with Gasteiger partial charge in [0.05, 0.1) is 6.04 Å². The zero-order valence-electron chi connectivity index (χ0n) is 11.9. The number of hydrogen-bond acceptors (Lipinski definition) is 2. The minimum Gasteiger partial charge on any atom is -0.364 e. The Kier molecular flexibility index (Phi) is 3.60. The Balaban J connectivity index is 1.83. The van der Waals surface area contributed by atoms with Gasteiger partial charge in [-0.1, -0.05) is 30.3 Å². The van der Waals surface area contributed by atoms with Crippen molar-refractivity contribution in [1.29, 1.82) is 0 Å². The molecule has 1 saturated carbocycles. The highest BCUT2D eigenvalue weighted by molar-refractivity contribution is 5.94. The molecular weight excluding hydrogens is 264 g/mol. The first-order chi connectivity index (χ1) is 10.1. The van der Waals surface area contributed by atoms with Crippen LogP contribution in [0.1, 0.15) is 40.5 Å². The topological polar surface area (TPSA) is 62.0 Å². The van der Waals surface area contributed by atoms with Crippen LogP contribution >= 0.6 is 0 Å². The van der Waals surface area contributed by atoms with Gasteiger partial charge in [0.15, 0.2) is 5.43 Å². The molecule has 1 aliphatic carbocycles. The van der Waals surface area contributed by atoms with E-state index in [1.165, 1.54) is 12.3 Å². The molecule has 1 aliphatic rings. The van der Waals surface area contributed by atoms with Gasteiger partial charge in [-0.05, 0) is 31.2 Å². The van der Waals surface area contributed by atoms with Crippen LogP contribution in [0, 0.1) is 12.8 Å². The van der Waals surface area contributed by atoms with Gasteiger partial charge in [0, 0.05) is 18.0 Å². The van der Waals surface area contributed by atoms with Crippen molar-refractivity contribution in [3.8, 4) is 0 Å². The SMILES string of the molecule is Cc1cc(=O)c(C(=O)NC(c2ccccc2)C2CC2)c[nH]1. The summed E-state index contributed by atoms with van der Waals surface area (Å²) in [7, 11) is 0. The Bertz CT molecular complexity index is 702. The minimum absolute atomic E-state index is 0.0144. The Labute approximate surface area is 123 Å².